The van der Waals surface area contributed by atoms with Gasteiger partial charge < -0.3 is 9.67 Å². The summed E-state index contributed by atoms with van der Waals surface area (Å²) in [7, 11) is 0. The lowest BCUT2D eigenvalue weighted by Crippen LogP contribution is -2.07. The molecule has 0 amide bonds. The second-order valence-corrected chi connectivity index (χ2v) is 6.07. The summed E-state index contributed by atoms with van der Waals surface area (Å²) in [6.07, 6.45) is 1.72. The SMILES string of the molecule is Cc1ccc(C(C)n2cnc3cccc(C(=O)O)c32)s1. The molecular weight excluding hydrogens is 272 g/mol. The minimum absolute atomic E-state index is 0.0687. The van der Waals surface area contributed by atoms with Gasteiger partial charge in [-0.3, -0.25) is 0 Å². The van der Waals surface area contributed by atoms with Gasteiger partial charge in [0.1, 0.15) is 0 Å². The van der Waals surface area contributed by atoms with E-state index in [0.717, 1.165) is 0 Å². The van der Waals surface area contributed by atoms with Gasteiger partial charge in [-0.1, -0.05) is 6.07 Å². The van der Waals surface area contributed by atoms with Crippen molar-refractivity contribution in [3.05, 3.63) is 52.0 Å². The number of carbonyl (C=O) groups is 1. The van der Waals surface area contributed by atoms with Gasteiger partial charge in [0, 0.05) is 9.75 Å². The largest absolute Gasteiger partial charge is 0.478 e. The second-order valence-electron chi connectivity index (χ2n) is 4.75. The standard InChI is InChI=1S/C15H14N2O2S/c1-9-6-7-13(20-9)10(2)17-8-16-12-5-3-4-11(14(12)17)15(18)19/h3-8,10H,1-2H3,(H,18,19). The zero-order valence-electron chi connectivity index (χ0n) is 11.2. The van der Waals surface area contributed by atoms with Crippen LogP contribution >= 0.6 is 11.3 Å². The Bertz CT molecular complexity index is 788. The zero-order chi connectivity index (χ0) is 14.3. The summed E-state index contributed by atoms with van der Waals surface area (Å²) >= 11 is 1.72. The number of nitrogens with zero attached hydrogens (tertiary/aromatic N) is 2. The lowest BCUT2D eigenvalue weighted by Gasteiger charge is -2.13. The average molecular weight is 286 g/mol. The Kier molecular flexibility index (Phi) is 3.06. The van der Waals surface area contributed by atoms with Crippen LogP contribution in [0.3, 0.4) is 0 Å². The van der Waals surface area contributed by atoms with Crippen molar-refractivity contribution >= 4 is 28.3 Å². The molecule has 102 valence electrons. The lowest BCUT2D eigenvalue weighted by molar-refractivity contribution is 0.0698. The van der Waals surface area contributed by atoms with Crippen molar-refractivity contribution in [1.82, 2.24) is 9.55 Å². The first kappa shape index (κ1) is 12.9. The summed E-state index contributed by atoms with van der Waals surface area (Å²) in [4.78, 5) is 18.2. The quantitative estimate of drug-likeness (QED) is 0.798. The number of aromatic carboxylic acids is 1. The first-order valence-electron chi connectivity index (χ1n) is 6.33. The van der Waals surface area contributed by atoms with Gasteiger partial charge in [0.2, 0.25) is 0 Å². The van der Waals surface area contributed by atoms with Crippen molar-refractivity contribution in [3.63, 3.8) is 0 Å². The fraction of sp³-hybridized carbons (Fsp3) is 0.200. The van der Waals surface area contributed by atoms with Crippen molar-refractivity contribution < 1.29 is 9.90 Å². The number of aryl methyl sites for hydroxylation is 1. The highest BCUT2D eigenvalue weighted by Crippen LogP contribution is 2.29. The molecule has 0 aliphatic heterocycles. The monoisotopic (exact) mass is 286 g/mol. The average Bonchev–Trinajstić information content (AvgIpc) is 3.03. The van der Waals surface area contributed by atoms with Gasteiger partial charge in [-0.15, -0.1) is 11.3 Å². The number of hydrogen-bond acceptors (Lipinski definition) is 3. The maximum Gasteiger partial charge on any atom is 0.337 e. The highest BCUT2D eigenvalue weighted by atomic mass is 32.1. The Morgan fingerprint density at radius 3 is 2.80 bits per heavy atom. The van der Waals surface area contributed by atoms with E-state index in [9.17, 15) is 9.90 Å². The highest BCUT2D eigenvalue weighted by Gasteiger charge is 2.18. The number of benzene rings is 1. The van der Waals surface area contributed by atoms with Gasteiger partial charge in [-0.2, -0.15) is 0 Å². The lowest BCUT2D eigenvalue weighted by atomic mass is 10.1. The molecule has 0 saturated heterocycles. The van der Waals surface area contributed by atoms with E-state index in [1.54, 1.807) is 29.8 Å². The van der Waals surface area contributed by atoms with E-state index in [4.69, 9.17) is 0 Å². The van der Waals surface area contributed by atoms with Crippen LogP contribution in [0.5, 0.6) is 0 Å². The van der Waals surface area contributed by atoms with Gasteiger partial charge in [0.05, 0.1) is 29.0 Å². The molecule has 0 aliphatic rings. The molecule has 0 saturated carbocycles. The molecule has 1 unspecified atom stereocenters. The first-order valence-corrected chi connectivity index (χ1v) is 7.15. The van der Waals surface area contributed by atoms with Crippen LogP contribution in [-0.4, -0.2) is 20.6 Å². The Morgan fingerprint density at radius 2 is 2.15 bits per heavy atom. The number of aromatic nitrogens is 2. The number of fused-ring (bicyclic) bond motifs is 1. The Labute approximate surface area is 120 Å². The Morgan fingerprint density at radius 1 is 1.35 bits per heavy atom. The fourth-order valence-electron chi connectivity index (χ4n) is 2.37. The Hall–Kier alpha value is -2.14. The highest BCUT2D eigenvalue weighted by molar-refractivity contribution is 7.12. The number of carboxylic acid groups (broad SMARTS) is 1. The minimum atomic E-state index is -0.924. The van der Waals surface area contributed by atoms with Gasteiger partial charge >= 0.3 is 5.97 Å². The molecule has 3 rings (SSSR count). The first-order chi connectivity index (χ1) is 9.58. The fourth-order valence-corrected chi connectivity index (χ4v) is 3.30. The van der Waals surface area contributed by atoms with E-state index in [1.165, 1.54) is 9.75 Å². The summed E-state index contributed by atoms with van der Waals surface area (Å²) in [5.41, 5.74) is 1.68. The third kappa shape index (κ3) is 2.00. The smallest absolute Gasteiger partial charge is 0.337 e. The molecule has 4 nitrogen and oxygen atoms in total. The molecule has 3 aromatic rings. The van der Waals surface area contributed by atoms with E-state index in [-0.39, 0.29) is 6.04 Å². The predicted octanol–water partition coefficient (Wildman–Crippen LogP) is 3.71. The van der Waals surface area contributed by atoms with Crippen LogP contribution in [0, 0.1) is 6.92 Å². The van der Waals surface area contributed by atoms with E-state index >= 15 is 0 Å². The van der Waals surface area contributed by atoms with Crippen LogP contribution in [0.4, 0.5) is 0 Å². The number of rotatable bonds is 3. The maximum absolute atomic E-state index is 11.4. The number of hydrogen-bond donors (Lipinski definition) is 1. The predicted molar refractivity (Wildman–Crippen MR) is 79.6 cm³/mol. The van der Waals surface area contributed by atoms with E-state index < -0.39 is 5.97 Å². The molecule has 2 heterocycles. The van der Waals surface area contributed by atoms with Crippen LogP contribution in [0.15, 0.2) is 36.7 Å². The molecular formula is C15H14N2O2S. The van der Waals surface area contributed by atoms with Crippen LogP contribution in [0.25, 0.3) is 11.0 Å². The number of thiophene rings is 1. The van der Waals surface area contributed by atoms with E-state index in [2.05, 4.69) is 31.0 Å². The summed E-state index contributed by atoms with van der Waals surface area (Å²) in [6, 6.07) is 9.41. The molecule has 20 heavy (non-hydrogen) atoms. The van der Waals surface area contributed by atoms with Crippen LogP contribution in [-0.2, 0) is 0 Å². The van der Waals surface area contributed by atoms with Gasteiger partial charge in [0.25, 0.3) is 0 Å². The van der Waals surface area contributed by atoms with Crippen molar-refractivity contribution in [2.45, 2.75) is 19.9 Å². The van der Waals surface area contributed by atoms with Crippen molar-refractivity contribution in [1.29, 1.82) is 0 Å². The van der Waals surface area contributed by atoms with Crippen LogP contribution in [0.2, 0.25) is 0 Å². The van der Waals surface area contributed by atoms with Crippen molar-refractivity contribution in [3.8, 4) is 0 Å². The number of imidazole rings is 1. The maximum atomic E-state index is 11.4. The van der Waals surface area contributed by atoms with Crippen molar-refractivity contribution in [2.24, 2.45) is 0 Å². The minimum Gasteiger partial charge on any atom is -0.478 e. The molecule has 2 aromatic heterocycles. The van der Waals surface area contributed by atoms with Crippen LogP contribution < -0.4 is 0 Å². The van der Waals surface area contributed by atoms with Gasteiger partial charge in [-0.05, 0) is 38.1 Å². The molecule has 5 heteroatoms. The molecule has 1 aromatic carbocycles. The molecule has 0 fully saturated rings. The summed E-state index contributed by atoms with van der Waals surface area (Å²) in [5.74, 6) is -0.924. The van der Waals surface area contributed by atoms with E-state index in [0.29, 0.717) is 16.6 Å². The topological polar surface area (TPSA) is 55.1 Å². The van der Waals surface area contributed by atoms with Gasteiger partial charge in [-0.25, -0.2) is 9.78 Å². The third-order valence-electron chi connectivity index (χ3n) is 3.41. The number of carboxylic acids is 1. The molecule has 0 bridgehead atoms. The molecule has 1 atom stereocenters. The number of para-hydroxylation sites is 1. The van der Waals surface area contributed by atoms with Crippen molar-refractivity contribution in [2.75, 3.05) is 0 Å². The van der Waals surface area contributed by atoms with Crippen LogP contribution in [0.1, 0.15) is 33.1 Å². The van der Waals surface area contributed by atoms with Gasteiger partial charge in [0.15, 0.2) is 0 Å². The van der Waals surface area contributed by atoms with E-state index in [1.807, 2.05) is 10.6 Å². The molecule has 0 spiro atoms. The second kappa shape index (κ2) is 4.76. The zero-order valence-corrected chi connectivity index (χ0v) is 12.0. The molecule has 1 N–H and O–H groups in total. The normalized spacial score (nSPS) is 12.7. The molecule has 0 radical (unpaired) electrons. The Balaban J connectivity index is 2.19. The molecule has 0 aliphatic carbocycles. The summed E-state index contributed by atoms with van der Waals surface area (Å²) in [6.45, 7) is 4.13. The third-order valence-corrected chi connectivity index (χ3v) is 4.59. The summed E-state index contributed by atoms with van der Waals surface area (Å²) in [5, 5.41) is 9.34. The summed E-state index contributed by atoms with van der Waals surface area (Å²) < 4.78 is 1.93.